The maximum absolute atomic E-state index is 12.4. The van der Waals surface area contributed by atoms with Crippen LogP contribution in [0, 0.1) is 0 Å². The highest BCUT2D eigenvalue weighted by Crippen LogP contribution is 2.15. The van der Waals surface area contributed by atoms with E-state index in [1.165, 1.54) is 0 Å². The molecule has 1 saturated heterocycles. The molecule has 3 rings (SSSR count). The summed E-state index contributed by atoms with van der Waals surface area (Å²) in [4.78, 5) is 16.5. The summed E-state index contributed by atoms with van der Waals surface area (Å²) in [6.45, 7) is 3.69. The Morgan fingerprint density at radius 3 is 2.12 bits per heavy atom. The number of carbonyl (C=O) groups is 1. The molecule has 0 aliphatic carbocycles. The number of piperazine rings is 1. The minimum Gasteiger partial charge on any atom is -0.387 e. The van der Waals surface area contributed by atoms with Crippen LogP contribution in [0.5, 0.6) is 0 Å². The van der Waals surface area contributed by atoms with Gasteiger partial charge in [0.1, 0.15) is 0 Å². The second kappa shape index (κ2) is 8.08. The van der Waals surface area contributed by atoms with Gasteiger partial charge < -0.3 is 10.0 Å². The lowest BCUT2D eigenvalue weighted by Gasteiger charge is -2.35. The van der Waals surface area contributed by atoms with Gasteiger partial charge >= 0.3 is 0 Å². The molecule has 1 fully saturated rings. The molecule has 1 aliphatic heterocycles. The zero-order valence-corrected chi connectivity index (χ0v) is 13.8. The van der Waals surface area contributed by atoms with Crippen molar-refractivity contribution in [2.45, 2.75) is 12.5 Å². The molecule has 1 heterocycles. The first-order valence-electron chi connectivity index (χ1n) is 8.49. The van der Waals surface area contributed by atoms with E-state index in [0.717, 1.165) is 37.3 Å². The molecule has 2 aromatic rings. The van der Waals surface area contributed by atoms with Crippen LogP contribution >= 0.6 is 0 Å². The van der Waals surface area contributed by atoms with Crippen LogP contribution in [0.25, 0.3) is 0 Å². The number of carbonyl (C=O) groups excluding carboxylic acids is 1. The Kier molecular flexibility index (Phi) is 5.62. The van der Waals surface area contributed by atoms with Gasteiger partial charge in [0, 0.05) is 32.7 Å². The lowest BCUT2D eigenvalue weighted by Crippen LogP contribution is -2.50. The van der Waals surface area contributed by atoms with E-state index in [1.54, 1.807) is 0 Å². The lowest BCUT2D eigenvalue weighted by atomic mass is 10.1. The molecule has 0 aromatic heterocycles. The fraction of sp³-hybridized carbons (Fsp3) is 0.350. The number of aliphatic hydroxyl groups excluding tert-OH is 1. The SMILES string of the molecule is O=C(Cc1ccccc1)N1CCN(CC(O)c2ccccc2)CC1. The molecule has 24 heavy (non-hydrogen) atoms. The minimum absolute atomic E-state index is 0.185. The molecule has 0 bridgehead atoms. The van der Waals surface area contributed by atoms with Crippen LogP contribution in [0.2, 0.25) is 0 Å². The average Bonchev–Trinajstić information content (AvgIpc) is 2.64. The largest absolute Gasteiger partial charge is 0.387 e. The summed E-state index contributed by atoms with van der Waals surface area (Å²) in [5.41, 5.74) is 2.00. The average molecular weight is 324 g/mol. The molecular formula is C20H24N2O2. The van der Waals surface area contributed by atoms with Crippen molar-refractivity contribution >= 4 is 5.91 Å². The van der Waals surface area contributed by atoms with Crippen molar-refractivity contribution < 1.29 is 9.90 Å². The number of amides is 1. The molecule has 0 spiro atoms. The zero-order chi connectivity index (χ0) is 16.8. The summed E-state index contributed by atoms with van der Waals surface area (Å²) >= 11 is 0. The highest BCUT2D eigenvalue weighted by Gasteiger charge is 2.22. The first-order valence-corrected chi connectivity index (χ1v) is 8.49. The summed E-state index contributed by atoms with van der Waals surface area (Å²) in [6, 6.07) is 19.6. The molecular weight excluding hydrogens is 300 g/mol. The van der Waals surface area contributed by atoms with Crippen LogP contribution < -0.4 is 0 Å². The van der Waals surface area contributed by atoms with Gasteiger partial charge in [-0.3, -0.25) is 9.69 Å². The molecule has 1 unspecified atom stereocenters. The van der Waals surface area contributed by atoms with Gasteiger partial charge in [0.15, 0.2) is 0 Å². The quantitative estimate of drug-likeness (QED) is 0.916. The van der Waals surface area contributed by atoms with Crippen LogP contribution in [0.1, 0.15) is 17.2 Å². The number of aliphatic hydroxyl groups is 1. The third kappa shape index (κ3) is 4.43. The molecule has 1 amide bonds. The van der Waals surface area contributed by atoms with Crippen molar-refractivity contribution in [2.24, 2.45) is 0 Å². The van der Waals surface area contributed by atoms with Gasteiger partial charge in [-0.1, -0.05) is 60.7 Å². The Balaban J connectivity index is 1.46. The summed E-state index contributed by atoms with van der Waals surface area (Å²) in [5.74, 6) is 0.185. The monoisotopic (exact) mass is 324 g/mol. The fourth-order valence-corrected chi connectivity index (χ4v) is 3.09. The minimum atomic E-state index is -0.474. The van der Waals surface area contributed by atoms with Gasteiger partial charge in [-0.15, -0.1) is 0 Å². The number of β-amino-alcohol motifs (C(OH)–C–C–N with tert-alkyl or cyclic N) is 1. The molecule has 4 nitrogen and oxygen atoms in total. The second-order valence-electron chi connectivity index (χ2n) is 6.27. The molecule has 1 N–H and O–H groups in total. The van der Waals surface area contributed by atoms with Crippen LogP contribution in [0.15, 0.2) is 60.7 Å². The highest BCUT2D eigenvalue weighted by molar-refractivity contribution is 5.78. The normalized spacial score (nSPS) is 16.8. The van der Waals surface area contributed by atoms with Crippen LogP contribution in [-0.2, 0) is 11.2 Å². The fourth-order valence-electron chi connectivity index (χ4n) is 3.09. The Labute approximate surface area is 143 Å². The molecule has 126 valence electrons. The predicted octanol–water partition coefficient (Wildman–Crippen LogP) is 2.11. The van der Waals surface area contributed by atoms with E-state index in [0.29, 0.717) is 13.0 Å². The van der Waals surface area contributed by atoms with E-state index in [2.05, 4.69) is 4.90 Å². The van der Waals surface area contributed by atoms with Gasteiger partial charge in [0.2, 0.25) is 5.91 Å². The van der Waals surface area contributed by atoms with E-state index in [4.69, 9.17) is 0 Å². The summed E-state index contributed by atoms with van der Waals surface area (Å²) in [6.07, 6.45) is -0.00853. The molecule has 1 aliphatic rings. The predicted molar refractivity (Wildman–Crippen MR) is 94.6 cm³/mol. The number of benzene rings is 2. The third-order valence-corrected chi connectivity index (χ3v) is 4.54. The number of rotatable bonds is 5. The zero-order valence-electron chi connectivity index (χ0n) is 13.8. The van der Waals surface area contributed by atoms with E-state index < -0.39 is 6.10 Å². The number of nitrogens with zero attached hydrogens (tertiary/aromatic N) is 2. The molecule has 2 aromatic carbocycles. The number of hydrogen-bond acceptors (Lipinski definition) is 3. The topological polar surface area (TPSA) is 43.8 Å². The van der Waals surface area contributed by atoms with Gasteiger partial charge in [0.25, 0.3) is 0 Å². The van der Waals surface area contributed by atoms with E-state index in [1.807, 2.05) is 65.6 Å². The summed E-state index contributed by atoms with van der Waals surface area (Å²) in [5, 5.41) is 10.3. The van der Waals surface area contributed by atoms with Crippen LogP contribution in [0.3, 0.4) is 0 Å². The van der Waals surface area contributed by atoms with Crippen molar-refractivity contribution in [1.82, 2.24) is 9.80 Å². The maximum Gasteiger partial charge on any atom is 0.227 e. The first-order chi connectivity index (χ1) is 11.7. The Morgan fingerprint density at radius 2 is 1.50 bits per heavy atom. The summed E-state index contributed by atoms with van der Waals surface area (Å²) < 4.78 is 0. The van der Waals surface area contributed by atoms with Crippen molar-refractivity contribution in [1.29, 1.82) is 0 Å². The molecule has 1 atom stereocenters. The van der Waals surface area contributed by atoms with E-state index in [9.17, 15) is 9.90 Å². The Morgan fingerprint density at radius 1 is 0.917 bits per heavy atom. The standard InChI is InChI=1S/C20H24N2O2/c23-19(18-9-5-2-6-10-18)16-21-11-13-22(14-12-21)20(24)15-17-7-3-1-4-8-17/h1-10,19,23H,11-16H2. The molecule has 0 radical (unpaired) electrons. The third-order valence-electron chi connectivity index (χ3n) is 4.54. The number of hydrogen-bond donors (Lipinski definition) is 1. The Bertz CT molecular complexity index is 637. The van der Waals surface area contributed by atoms with E-state index >= 15 is 0 Å². The van der Waals surface area contributed by atoms with Crippen LogP contribution in [0.4, 0.5) is 0 Å². The smallest absolute Gasteiger partial charge is 0.227 e. The molecule has 0 saturated carbocycles. The van der Waals surface area contributed by atoms with E-state index in [-0.39, 0.29) is 5.91 Å². The second-order valence-corrected chi connectivity index (χ2v) is 6.27. The van der Waals surface area contributed by atoms with Gasteiger partial charge in [-0.2, -0.15) is 0 Å². The first kappa shape index (κ1) is 16.7. The van der Waals surface area contributed by atoms with Crippen molar-refractivity contribution in [3.8, 4) is 0 Å². The maximum atomic E-state index is 12.4. The van der Waals surface area contributed by atoms with Crippen molar-refractivity contribution in [3.05, 3.63) is 71.8 Å². The van der Waals surface area contributed by atoms with Gasteiger partial charge in [-0.25, -0.2) is 0 Å². The molecule has 4 heteroatoms. The Hall–Kier alpha value is -2.17. The van der Waals surface area contributed by atoms with Gasteiger partial charge in [-0.05, 0) is 11.1 Å². The van der Waals surface area contributed by atoms with Gasteiger partial charge in [0.05, 0.1) is 12.5 Å². The van der Waals surface area contributed by atoms with Crippen LogP contribution in [-0.4, -0.2) is 53.5 Å². The lowest BCUT2D eigenvalue weighted by molar-refractivity contribution is -0.132. The summed E-state index contributed by atoms with van der Waals surface area (Å²) in [7, 11) is 0. The van der Waals surface area contributed by atoms with Crippen molar-refractivity contribution in [2.75, 3.05) is 32.7 Å². The highest BCUT2D eigenvalue weighted by atomic mass is 16.3. The van der Waals surface area contributed by atoms with Crippen molar-refractivity contribution in [3.63, 3.8) is 0 Å².